The lowest BCUT2D eigenvalue weighted by molar-refractivity contribution is -0.116. The topological polar surface area (TPSA) is 55.3 Å². The van der Waals surface area contributed by atoms with Crippen molar-refractivity contribution >= 4 is 35.0 Å². The SMILES string of the molecule is COc1ccc([C@H]2Nn3c(C)ccc3S[C@@H]2C(=O)Nc2cccc(Cl)c2C)cc1. The van der Waals surface area contributed by atoms with Crippen LogP contribution in [0.15, 0.2) is 59.6 Å². The minimum Gasteiger partial charge on any atom is -0.497 e. The fourth-order valence-corrected chi connectivity index (χ4v) is 4.79. The maximum atomic E-state index is 13.3. The monoisotopic (exact) mass is 427 g/mol. The number of halogens is 1. The number of hydrogen-bond acceptors (Lipinski definition) is 4. The molecule has 0 saturated heterocycles. The summed E-state index contributed by atoms with van der Waals surface area (Å²) in [7, 11) is 1.64. The number of nitrogens with one attached hydrogen (secondary N) is 2. The summed E-state index contributed by atoms with van der Waals surface area (Å²) >= 11 is 7.77. The first-order valence-electron chi connectivity index (χ1n) is 9.29. The Labute approximate surface area is 179 Å². The Bertz CT molecular complexity index is 1050. The minimum absolute atomic E-state index is 0.0706. The van der Waals surface area contributed by atoms with Gasteiger partial charge in [-0.15, -0.1) is 0 Å². The molecular formula is C22H22ClN3O2S. The van der Waals surface area contributed by atoms with Crippen molar-refractivity contribution in [3.63, 3.8) is 0 Å². The Morgan fingerprint density at radius 2 is 1.90 bits per heavy atom. The summed E-state index contributed by atoms with van der Waals surface area (Å²) in [6.45, 7) is 3.94. The van der Waals surface area contributed by atoms with Gasteiger partial charge < -0.3 is 15.5 Å². The molecule has 1 aliphatic heterocycles. The van der Waals surface area contributed by atoms with Crippen LogP contribution < -0.4 is 15.5 Å². The third-order valence-electron chi connectivity index (χ3n) is 5.12. The fourth-order valence-electron chi connectivity index (χ4n) is 3.39. The van der Waals surface area contributed by atoms with Crippen LogP contribution >= 0.6 is 23.4 Å². The first-order valence-corrected chi connectivity index (χ1v) is 10.5. The predicted octanol–water partition coefficient (Wildman–Crippen LogP) is 5.16. The zero-order chi connectivity index (χ0) is 20.5. The van der Waals surface area contributed by atoms with Crippen LogP contribution in [0, 0.1) is 13.8 Å². The molecule has 0 unspecified atom stereocenters. The van der Waals surface area contributed by atoms with Crippen molar-refractivity contribution in [1.29, 1.82) is 0 Å². The van der Waals surface area contributed by atoms with Crippen molar-refractivity contribution in [2.45, 2.75) is 30.2 Å². The van der Waals surface area contributed by atoms with E-state index in [1.54, 1.807) is 18.9 Å². The van der Waals surface area contributed by atoms with Gasteiger partial charge in [0.15, 0.2) is 0 Å². The Kier molecular flexibility index (Phi) is 5.48. The highest BCUT2D eigenvalue weighted by Gasteiger charge is 2.36. The largest absolute Gasteiger partial charge is 0.497 e. The van der Waals surface area contributed by atoms with Gasteiger partial charge in [-0.3, -0.25) is 9.47 Å². The number of aromatic nitrogens is 1. The van der Waals surface area contributed by atoms with Crippen LogP contribution in [-0.2, 0) is 4.79 Å². The summed E-state index contributed by atoms with van der Waals surface area (Å²) < 4.78 is 7.31. The molecule has 2 heterocycles. The summed E-state index contributed by atoms with van der Waals surface area (Å²) in [6.07, 6.45) is 0. The highest BCUT2D eigenvalue weighted by atomic mass is 35.5. The van der Waals surface area contributed by atoms with Gasteiger partial charge in [-0.2, -0.15) is 0 Å². The molecule has 0 saturated carbocycles. The summed E-state index contributed by atoms with van der Waals surface area (Å²) in [4.78, 5) is 13.3. The van der Waals surface area contributed by atoms with E-state index in [1.807, 2.05) is 73.1 Å². The number of methoxy groups -OCH3 is 1. The van der Waals surface area contributed by atoms with E-state index < -0.39 is 0 Å². The Morgan fingerprint density at radius 3 is 2.62 bits per heavy atom. The maximum Gasteiger partial charge on any atom is 0.240 e. The molecular weight excluding hydrogens is 406 g/mol. The van der Waals surface area contributed by atoms with Crippen LogP contribution in [0.4, 0.5) is 5.69 Å². The van der Waals surface area contributed by atoms with Crippen LogP contribution in [0.1, 0.15) is 22.9 Å². The number of hydrogen-bond donors (Lipinski definition) is 2. The second kappa shape index (κ2) is 8.05. The molecule has 5 nitrogen and oxygen atoms in total. The second-order valence-corrected chi connectivity index (χ2v) is 8.54. The number of ether oxygens (including phenoxy) is 1. The molecule has 0 fully saturated rings. The number of rotatable bonds is 4. The number of anilines is 1. The van der Waals surface area contributed by atoms with Gasteiger partial charge in [-0.25, -0.2) is 0 Å². The molecule has 2 atom stereocenters. The molecule has 4 rings (SSSR count). The number of carbonyl (C=O) groups is 1. The average molecular weight is 428 g/mol. The zero-order valence-electron chi connectivity index (χ0n) is 16.4. The highest BCUT2D eigenvalue weighted by Crippen LogP contribution is 2.39. The van der Waals surface area contributed by atoms with Crippen LogP contribution in [0.2, 0.25) is 5.02 Å². The normalized spacial score (nSPS) is 17.9. The maximum absolute atomic E-state index is 13.3. The minimum atomic E-state index is -0.358. The van der Waals surface area contributed by atoms with Crippen molar-refractivity contribution in [2.75, 3.05) is 17.9 Å². The van der Waals surface area contributed by atoms with E-state index in [9.17, 15) is 4.79 Å². The fraction of sp³-hybridized carbons (Fsp3) is 0.227. The molecule has 0 spiro atoms. The number of carbonyl (C=O) groups excluding carboxylic acids is 1. The van der Waals surface area contributed by atoms with Gasteiger partial charge in [0.2, 0.25) is 5.91 Å². The number of thioether (sulfide) groups is 1. The molecule has 0 bridgehead atoms. The number of fused-ring (bicyclic) bond motifs is 1. The predicted molar refractivity (Wildman–Crippen MR) is 119 cm³/mol. The van der Waals surface area contributed by atoms with Gasteiger partial charge in [0, 0.05) is 16.4 Å². The lowest BCUT2D eigenvalue weighted by atomic mass is 10.0. The smallest absolute Gasteiger partial charge is 0.240 e. The lowest BCUT2D eigenvalue weighted by Gasteiger charge is -2.34. The molecule has 3 aromatic rings. The lowest BCUT2D eigenvalue weighted by Crippen LogP contribution is -2.41. The molecule has 1 aliphatic rings. The number of benzene rings is 2. The molecule has 0 radical (unpaired) electrons. The van der Waals surface area contributed by atoms with Crippen molar-refractivity contribution in [3.8, 4) is 5.75 Å². The molecule has 150 valence electrons. The van der Waals surface area contributed by atoms with E-state index >= 15 is 0 Å². The van der Waals surface area contributed by atoms with Gasteiger partial charge >= 0.3 is 0 Å². The van der Waals surface area contributed by atoms with E-state index in [0.29, 0.717) is 5.02 Å². The first kappa shape index (κ1) is 19.7. The third kappa shape index (κ3) is 3.82. The third-order valence-corrected chi connectivity index (χ3v) is 6.83. The summed E-state index contributed by atoms with van der Waals surface area (Å²) in [6, 6.07) is 17.2. The Hall–Kier alpha value is -2.57. The number of amides is 1. The van der Waals surface area contributed by atoms with E-state index in [0.717, 1.165) is 33.3 Å². The van der Waals surface area contributed by atoms with Gasteiger partial charge in [-0.05, 0) is 61.4 Å². The van der Waals surface area contributed by atoms with Gasteiger partial charge in [-0.1, -0.05) is 41.6 Å². The number of nitrogens with zero attached hydrogens (tertiary/aromatic N) is 1. The van der Waals surface area contributed by atoms with E-state index in [-0.39, 0.29) is 17.2 Å². The average Bonchev–Trinajstić information content (AvgIpc) is 3.10. The van der Waals surface area contributed by atoms with Crippen LogP contribution in [-0.4, -0.2) is 22.9 Å². The quantitative estimate of drug-likeness (QED) is 0.603. The molecule has 7 heteroatoms. The van der Waals surface area contributed by atoms with E-state index in [4.69, 9.17) is 16.3 Å². The summed E-state index contributed by atoms with van der Waals surface area (Å²) in [5, 5.41) is 4.35. The van der Waals surface area contributed by atoms with Crippen LogP contribution in [0.5, 0.6) is 5.75 Å². The van der Waals surface area contributed by atoms with Crippen molar-refractivity contribution in [3.05, 3.63) is 76.4 Å². The Balaban J connectivity index is 1.67. The van der Waals surface area contributed by atoms with Crippen LogP contribution in [0.25, 0.3) is 0 Å². The standard InChI is InChI=1S/C22H22ClN3O2S/c1-13-7-12-19-26(13)25-20(15-8-10-16(28-3)11-9-15)21(29-19)22(27)24-18-6-4-5-17(23)14(18)2/h4-12,20-21,25H,1-3H3,(H,24,27)/t20-,21+/m1/s1. The second-order valence-electron chi connectivity index (χ2n) is 6.97. The van der Waals surface area contributed by atoms with Gasteiger partial charge in [0.1, 0.15) is 11.0 Å². The number of aryl methyl sites for hydroxylation is 1. The Morgan fingerprint density at radius 1 is 1.14 bits per heavy atom. The summed E-state index contributed by atoms with van der Waals surface area (Å²) in [5.41, 5.74) is 7.21. The van der Waals surface area contributed by atoms with Gasteiger partial charge in [0.25, 0.3) is 0 Å². The molecule has 1 aromatic heterocycles. The van der Waals surface area contributed by atoms with E-state index in [2.05, 4.69) is 10.7 Å². The van der Waals surface area contributed by atoms with Crippen LogP contribution in [0.3, 0.4) is 0 Å². The summed E-state index contributed by atoms with van der Waals surface area (Å²) in [5.74, 6) is 0.712. The highest BCUT2D eigenvalue weighted by molar-refractivity contribution is 8.00. The van der Waals surface area contributed by atoms with Crippen molar-refractivity contribution < 1.29 is 9.53 Å². The molecule has 2 N–H and O–H groups in total. The molecule has 29 heavy (non-hydrogen) atoms. The van der Waals surface area contributed by atoms with Crippen molar-refractivity contribution in [2.24, 2.45) is 0 Å². The first-order chi connectivity index (χ1) is 14.0. The van der Waals surface area contributed by atoms with Crippen molar-refractivity contribution in [1.82, 2.24) is 4.68 Å². The molecule has 2 aromatic carbocycles. The zero-order valence-corrected chi connectivity index (χ0v) is 18.0. The van der Waals surface area contributed by atoms with E-state index in [1.165, 1.54) is 0 Å². The molecule has 1 amide bonds. The molecule has 0 aliphatic carbocycles. The van der Waals surface area contributed by atoms with Gasteiger partial charge in [0.05, 0.1) is 18.2 Å².